The summed E-state index contributed by atoms with van der Waals surface area (Å²) in [6, 6.07) is 9.64. The molecule has 0 saturated heterocycles. The van der Waals surface area contributed by atoms with E-state index in [9.17, 15) is 4.79 Å². The van der Waals surface area contributed by atoms with Crippen molar-refractivity contribution in [3.63, 3.8) is 0 Å². The molecule has 0 bridgehead atoms. The zero-order valence-electron chi connectivity index (χ0n) is 11.3. The van der Waals surface area contributed by atoms with Gasteiger partial charge in [-0.05, 0) is 25.3 Å². The largest absolute Gasteiger partial charge is 0.466 e. The van der Waals surface area contributed by atoms with Gasteiger partial charge in [0.1, 0.15) is 0 Å². The zero-order chi connectivity index (χ0) is 13.7. The van der Waals surface area contributed by atoms with E-state index >= 15 is 0 Å². The molecule has 1 saturated carbocycles. The Kier molecular flexibility index (Phi) is 4.56. The Hall–Kier alpha value is -1.39. The Bertz CT molecular complexity index is 415. The third-order valence-corrected chi connectivity index (χ3v) is 3.59. The van der Waals surface area contributed by atoms with Crippen molar-refractivity contribution in [2.24, 2.45) is 11.1 Å². The zero-order valence-corrected chi connectivity index (χ0v) is 11.3. The molecule has 19 heavy (non-hydrogen) atoms. The molecule has 0 aliphatic heterocycles. The Morgan fingerprint density at radius 1 is 1.37 bits per heavy atom. The van der Waals surface area contributed by atoms with Gasteiger partial charge in [-0.1, -0.05) is 30.3 Å². The number of benzene rings is 1. The Labute approximate surface area is 113 Å². The van der Waals surface area contributed by atoms with Gasteiger partial charge in [0.15, 0.2) is 0 Å². The number of carbonyl (C=O) groups is 1. The lowest BCUT2D eigenvalue weighted by Crippen LogP contribution is -2.42. The lowest BCUT2D eigenvalue weighted by atomic mass is 9.98. The van der Waals surface area contributed by atoms with E-state index in [0.29, 0.717) is 19.8 Å². The van der Waals surface area contributed by atoms with Crippen molar-refractivity contribution in [1.82, 2.24) is 0 Å². The molecule has 1 aliphatic rings. The van der Waals surface area contributed by atoms with Crippen LogP contribution in [0.25, 0.3) is 0 Å². The molecule has 1 aromatic carbocycles. The van der Waals surface area contributed by atoms with Crippen LogP contribution < -0.4 is 5.73 Å². The highest BCUT2D eigenvalue weighted by Crippen LogP contribution is 2.49. The molecule has 2 N–H and O–H groups in total. The van der Waals surface area contributed by atoms with Gasteiger partial charge in [-0.3, -0.25) is 4.79 Å². The molecule has 0 spiro atoms. The Balaban J connectivity index is 1.78. The van der Waals surface area contributed by atoms with E-state index in [0.717, 1.165) is 18.4 Å². The lowest BCUT2D eigenvalue weighted by molar-refractivity contribution is -0.151. The maximum absolute atomic E-state index is 11.8. The summed E-state index contributed by atoms with van der Waals surface area (Å²) in [4.78, 5) is 11.8. The molecule has 4 nitrogen and oxygen atoms in total. The summed E-state index contributed by atoms with van der Waals surface area (Å²) in [6.45, 7) is 3.12. The van der Waals surface area contributed by atoms with E-state index in [1.165, 1.54) is 0 Å². The summed E-state index contributed by atoms with van der Waals surface area (Å²) in [6.07, 6.45) is 1.61. The van der Waals surface area contributed by atoms with Gasteiger partial charge in [-0.2, -0.15) is 0 Å². The van der Waals surface area contributed by atoms with Crippen LogP contribution in [-0.4, -0.2) is 25.2 Å². The highest BCUT2D eigenvalue weighted by Gasteiger charge is 2.55. The number of nitrogens with two attached hydrogens (primary N) is 1. The quantitative estimate of drug-likeness (QED) is 0.763. The highest BCUT2D eigenvalue weighted by molar-refractivity contribution is 5.80. The van der Waals surface area contributed by atoms with E-state index in [2.05, 4.69) is 0 Å². The minimum absolute atomic E-state index is 0.175. The molecule has 0 radical (unpaired) electrons. The lowest BCUT2D eigenvalue weighted by Gasteiger charge is -2.21. The Morgan fingerprint density at radius 2 is 2.05 bits per heavy atom. The smallest absolute Gasteiger partial charge is 0.313 e. The minimum atomic E-state index is -0.493. The molecule has 1 unspecified atom stereocenters. The van der Waals surface area contributed by atoms with Crippen LogP contribution in [0.3, 0.4) is 0 Å². The number of ether oxygens (including phenoxy) is 2. The first kappa shape index (κ1) is 14.0. The highest BCUT2D eigenvalue weighted by atomic mass is 16.5. The average molecular weight is 263 g/mol. The van der Waals surface area contributed by atoms with Gasteiger partial charge in [-0.15, -0.1) is 0 Å². The van der Waals surface area contributed by atoms with Crippen molar-refractivity contribution >= 4 is 5.97 Å². The molecule has 1 atom stereocenters. The second kappa shape index (κ2) is 6.17. The minimum Gasteiger partial charge on any atom is -0.466 e. The van der Waals surface area contributed by atoms with E-state index in [4.69, 9.17) is 15.2 Å². The van der Waals surface area contributed by atoms with Gasteiger partial charge in [0.05, 0.1) is 25.2 Å². The maximum Gasteiger partial charge on any atom is 0.313 e. The second-order valence-electron chi connectivity index (χ2n) is 4.98. The normalized spacial score (nSPS) is 17.8. The van der Waals surface area contributed by atoms with Crippen molar-refractivity contribution in [2.75, 3.05) is 13.2 Å². The van der Waals surface area contributed by atoms with Crippen LogP contribution in [-0.2, 0) is 20.9 Å². The third kappa shape index (κ3) is 3.33. The molecule has 0 amide bonds. The van der Waals surface area contributed by atoms with Gasteiger partial charge in [-0.25, -0.2) is 0 Å². The number of hydrogen-bond acceptors (Lipinski definition) is 4. The summed E-state index contributed by atoms with van der Waals surface area (Å²) in [5.41, 5.74) is 6.70. The molecular weight excluding hydrogens is 242 g/mol. The number of hydrogen-bond donors (Lipinski definition) is 1. The van der Waals surface area contributed by atoms with Crippen molar-refractivity contribution in [3.8, 4) is 0 Å². The standard InChI is InChI=1S/C15H21NO3/c1-2-19-14(17)15(8-9-15)13(16)11-18-10-12-6-4-3-5-7-12/h3-7,13H,2,8-11,16H2,1H3. The van der Waals surface area contributed by atoms with Crippen molar-refractivity contribution in [2.45, 2.75) is 32.4 Å². The third-order valence-electron chi connectivity index (χ3n) is 3.59. The maximum atomic E-state index is 11.8. The summed E-state index contributed by atoms with van der Waals surface area (Å²) >= 11 is 0. The molecule has 1 fully saturated rings. The van der Waals surface area contributed by atoms with Crippen LogP contribution in [0.2, 0.25) is 0 Å². The monoisotopic (exact) mass is 263 g/mol. The van der Waals surface area contributed by atoms with Crippen molar-refractivity contribution < 1.29 is 14.3 Å². The van der Waals surface area contributed by atoms with Crippen LogP contribution in [0.15, 0.2) is 30.3 Å². The number of esters is 1. The fraction of sp³-hybridized carbons (Fsp3) is 0.533. The average Bonchev–Trinajstić information content (AvgIpc) is 3.22. The molecule has 1 aromatic rings. The van der Waals surface area contributed by atoms with Gasteiger partial charge >= 0.3 is 5.97 Å². The predicted molar refractivity (Wildman–Crippen MR) is 72.4 cm³/mol. The van der Waals surface area contributed by atoms with Gasteiger partial charge in [0.25, 0.3) is 0 Å². The molecule has 104 valence electrons. The first-order chi connectivity index (χ1) is 9.19. The topological polar surface area (TPSA) is 61.5 Å². The fourth-order valence-electron chi connectivity index (χ4n) is 2.17. The van der Waals surface area contributed by atoms with Crippen molar-refractivity contribution in [3.05, 3.63) is 35.9 Å². The summed E-state index contributed by atoms with van der Waals surface area (Å²) < 4.78 is 10.7. The van der Waals surface area contributed by atoms with E-state index in [-0.39, 0.29) is 12.0 Å². The van der Waals surface area contributed by atoms with Crippen molar-refractivity contribution in [1.29, 1.82) is 0 Å². The van der Waals surface area contributed by atoms with E-state index in [1.54, 1.807) is 0 Å². The van der Waals surface area contributed by atoms with Crippen LogP contribution in [0, 0.1) is 5.41 Å². The van der Waals surface area contributed by atoms with E-state index in [1.807, 2.05) is 37.3 Å². The van der Waals surface area contributed by atoms with Gasteiger partial charge < -0.3 is 15.2 Å². The van der Waals surface area contributed by atoms with Crippen LogP contribution in [0.4, 0.5) is 0 Å². The van der Waals surface area contributed by atoms with E-state index < -0.39 is 5.41 Å². The SMILES string of the molecule is CCOC(=O)C1(C(N)COCc2ccccc2)CC1. The molecule has 2 rings (SSSR count). The first-order valence-corrected chi connectivity index (χ1v) is 6.73. The summed E-state index contributed by atoms with van der Waals surface area (Å²) in [5, 5.41) is 0. The van der Waals surface area contributed by atoms with Crippen LogP contribution >= 0.6 is 0 Å². The summed E-state index contributed by atoms with van der Waals surface area (Å²) in [7, 11) is 0. The molecule has 4 heteroatoms. The van der Waals surface area contributed by atoms with Crippen LogP contribution in [0.5, 0.6) is 0 Å². The fourth-order valence-corrected chi connectivity index (χ4v) is 2.17. The number of rotatable bonds is 7. The molecule has 0 aromatic heterocycles. The molecule has 1 aliphatic carbocycles. The second-order valence-corrected chi connectivity index (χ2v) is 4.98. The predicted octanol–water partition coefficient (Wildman–Crippen LogP) is 1.87. The summed E-state index contributed by atoms with van der Waals surface area (Å²) in [5.74, 6) is -0.175. The van der Waals surface area contributed by atoms with Gasteiger partial charge in [0.2, 0.25) is 0 Å². The van der Waals surface area contributed by atoms with Gasteiger partial charge in [0, 0.05) is 6.04 Å². The Morgan fingerprint density at radius 3 is 2.63 bits per heavy atom. The first-order valence-electron chi connectivity index (χ1n) is 6.73. The molecular formula is C15H21NO3. The number of carbonyl (C=O) groups excluding carboxylic acids is 1. The van der Waals surface area contributed by atoms with Crippen LogP contribution in [0.1, 0.15) is 25.3 Å². The molecule has 0 heterocycles.